The van der Waals surface area contributed by atoms with Crippen LogP contribution < -0.4 is 0 Å². The zero-order valence-corrected chi connectivity index (χ0v) is 12.4. The fraction of sp³-hybridized carbons (Fsp3) is 0.400. The maximum atomic E-state index is 3.68. The third-order valence-electron chi connectivity index (χ3n) is 0.329. The number of hydrogen-bond donors (Lipinski definition) is 0. The molecule has 8 heavy (non-hydrogen) atoms. The van der Waals surface area contributed by atoms with Gasteiger partial charge in [-0.1, -0.05) is 0 Å². The molecule has 0 aliphatic rings. The molecule has 3 heteroatoms. The van der Waals surface area contributed by atoms with Gasteiger partial charge >= 0.3 is 21.1 Å². The van der Waals surface area contributed by atoms with Crippen molar-refractivity contribution < 1.29 is 53.8 Å². The molecule has 0 aromatic heterocycles. The molecule has 0 spiro atoms. The van der Waals surface area contributed by atoms with Crippen molar-refractivity contribution in [2.75, 3.05) is 0 Å². The fourth-order valence-electron chi connectivity index (χ4n) is 0. The van der Waals surface area contributed by atoms with Gasteiger partial charge in [0.2, 0.25) is 0 Å². The van der Waals surface area contributed by atoms with Crippen LogP contribution in [0.2, 0.25) is 0 Å². The van der Waals surface area contributed by atoms with Gasteiger partial charge in [-0.05, 0) is 0 Å². The molecule has 0 saturated carbocycles. The van der Waals surface area contributed by atoms with Gasteiger partial charge in [-0.3, -0.25) is 0 Å². The van der Waals surface area contributed by atoms with Crippen molar-refractivity contribution in [3.63, 3.8) is 0 Å². The molecule has 0 aliphatic heterocycles. The molecule has 0 amide bonds. The minimum absolute atomic E-state index is 0. The van der Waals surface area contributed by atoms with Gasteiger partial charge in [0.05, 0.1) is 0 Å². The van der Waals surface area contributed by atoms with Crippen molar-refractivity contribution in [2.45, 2.75) is 6.92 Å². The van der Waals surface area contributed by atoms with Gasteiger partial charge in [0.25, 0.3) is 0 Å². The molecule has 2 atom stereocenters. The molecular formula is C5H12PWY-. The van der Waals surface area contributed by atoms with Crippen LogP contribution in [0.25, 0.3) is 0 Å². The smallest absolute Gasteiger partial charge is 0.369 e. The van der Waals surface area contributed by atoms with Gasteiger partial charge in [0.15, 0.2) is 0 Å². The predicted octanol–water partition coefficient (Wildman–Crippen LogP) is 1.94. The topological polar surface area (TPSA) is 0 Å². The van der Waals surface area contributed by atoms with Crippen LogP contribution in [0.3, 0.4) is 0 Å². The summed E-state index contributed by atoms with van der Waals surface area (Å²) in [5.41, 5.74) is 0. The second-order valence-corrected chi connectivity index (χ2v) is 1.55. The van der Waals surface area contributed by atoms with Crippen LogP contribution >= 0.6 is 9.24 Å². The summed E-state index contributed by atoms with van der Waals surface area (Å²) in [5.74, 6) is 0.472. The Hall–Kier alpha value is 2.22. The Morgan fingerprint density at radius 2 is 1.75 bits per heavy atom. The van der Waals surface area contributed by atoms with Crippen LogP contribution in [0, 0.1) is 26.4 Å². The average Bonchev–Trinajstić information content (AvgIpc) is 1.38. The first-order chi connectivity index (χ1) is 2.27. The average molecular weight is 376 g/mol. The van der Waals surface area contributed by atoms with Gasteiger partial charge in [-0.25, -0.2) is 0 Å². The summed E-state index contributed by atoms with van der Waals surface area (Å²) in [6, 6.07) is 0. The molecule has 0 bridgehead atoms. The van der Waals surface area contributed by atoms with Crippen molar-refractivity contribution in [1.82, 2.24) is 0 Å². The summed E-state index contributed by atoms with van der Waals surface area (Å²) >= 11 is 0. The summed E-state index contributed by atoms with van der Waals surface area (Å²) in [6.07, 6.45) is 1.97. The Bertz CT molecular complexity index is 26.4. The molecular weight excluding hydrogens is 364 g/mol. The molecule has 0 aromatic carbocycles. The third-order valence-corrected chi connectivity index (χ3v) is 0.986. The molecule has 0 heterocycles. The van der Waals surface area contributed by atoms with Crippen LogP contribution in [0.4, 0.5) is 0 Å². The predicted molar refractivity (Wildman–Crippen MR) is 34.9 cm³/mol. The van der Waals surface area contributed by atoms with Gasteiger partial charge in [-0.2, -0.15) is 0 Å². The first-order valence-corrected chi connectivity index (χ1v) is 2.32. The second kappa shape index (κ2) is 16.1. The second-order valence-electron chi connectivity index (χ2n) is 1.17. The van der Waals surface area contributed by atoms with E-state index in [-0.39, 0.29) is 61.2 Å². The molecule has 0 nitrogen and oxygen atoms in total. The molecule has 47 valence electrons. The van der Waals surface area contributed by atoms with Crippen LogP contribution in [0.1, 0.15) is 6.92 Å². The number of hydrogen-bond acceptors (Lipinski definition) is 0. The summed E-state index contributed by atoms with van der Waals surface area (Å²) < 4.78 is 0. The van der Waals surface area contributed by atoms with E-state index < -0.39 is 0 Å². The van der Waals surface area contributed by atoms with E-state index in [1.807, 2.05) is 13.1 Å². The Morgan fingerprint density at radius 1 is 1.62 bits per heavy atom. The molecule has 0 fully saturated rings. The maximum Gasteiger partial charge on any atom is 2.00 e. The van der Waals surface area contributed by atoms with Crippen molar-refractivity contribution in [1.29, 1.82) is 0 Å². The largest absolute Gasteiger partial charge is 2.00 e. The Kier molecular flexibility index (Phi) is 45.2. The monoisotopic (exact) mass is 376 g/mol. The van der Waals surface area contributed by atoms with Crippen molar-refractivity contribution >= 4 is 9.24 Å². The normalized spacial score (nSPS) is 9.38. The van der Waals surface area contributed by atoms with E-state index in [2.05, 4.69) is 16.2 Å². The maximum absolute atomic E-state index is 3.68. The Balaban J connectivity index is -0.0000000267. The summed E-state index contributed by atoms with van der Waals surface area (Å²) in [4.78, 5) is 0. The summed E-state index contributed by atoms with van der Waals surface area (Å²) in [7, 11) is 2.51. The van der Waals surface area contributed by atoms with Crippen LogP contribution in [0.5, 0.6) is 0 Å². The Labute approximate surface area is 95.3 Å². The molecule has 0 saturated heterocycles. The van der Waals surface area contributed by atoms with Crippen molar-refractivity contribution in [3.05, 3.63) is 20.5 Å². The van der Waals surface area contributed by atoms with E-state index in [0.717, 1.165) is 0 Å². The van der Waals surface area contributed by atoms with Crippen molar-refractivity contribution in [3.8, 4) is 0 Å². The first kappa shape index (κ1) is 22.5. The zero-order chi connectivity index (χ0) is 4.28. The molecule has 0 aromatic rings. The van der Waals surface area contributed by atoms with Crippen molar-refractivity contribution in [2.24, 2.45) is 5.92 Å². The van der Waals surface area contributed by atoms with E-state index in [1.54, 1.807) is 0 Å². The molecule has 1 radical (unpaired) electrons. The van der Waals surface area contributed by atoms with Crippen LogP contribution in [0.15, 0.2) is 0 Å². The minimum Gasteiger partial charge on any atom is -0.369 e. The van der Waals surface area contributed by atoms with E-state index in [0.29, 0.717) is 5.92 Å². The van der Waals surface area contributed by atoms with Crippen LogP contribution in [-0.4, -0.2) is 0 Å². The van der Waals surface area contributed by atoms with Gasteiger partial charge < -0.3 is 35.7 Å². The molecule has 2 unspecified atom stereocenters. The summed E-state index contributed by atoms with van der Waals surface area (Å²) in [5, 5.41) is 0. The van der Waals surface area contributed by atoms with Gasteiger partial charge in [-0.15, -0.1) is 6.92 Å². The summed E-state index contributed by atoms with van der Waals surface area (Å²) in [6.45, 7) is 5.72. The van der Waals surface area contributed by atoms with E-state index in [4.69, 9.17) is 0 Å². The fourth-order valence-corrected chi connectivity index (χ4v) is 0. The molecule has 0 N–H and O–H groups in total. The zero-order valence-electron chi connectivity index (χ0n) is 5.42. The van der Waals surface area contributed by atoms with Gasteiger partial charge in [0, 0.05) is 32.7 Å². The molecule has 0 aliphatic carbocycles. The first-order valence-electron chi connectivity index (χ1n) is 1.65. The third kappa shape index (κ3) is 24.1. The van der Waals surface area contributed by atoms with E-state index in [1.165, 1.54) is 0 Å². The van der Waals surface area contributed by atoms with Crippen LogP contribution in [-0.2, 0) is 53.8 Å². The Morgan fingerprint density at radius 3 is 1.75 bits per heavy atom. The quantitative estimate of drug-likeness (QED) is 0.485. The number of rotatable bonds is 1. The minimum atomic E-state index is 0. The van der Waals surface area contributed by atoms with E-state index >= 15 is 0 Å². The SMILES string of the molecule is [CH2-]C(C)[CH-]P.[CH3-].[W+2].[Y]. The standard InChI is InChI=1S/C4H9P.CH3.W.Y/c1-4(2)3-5;;;/h3-4H,1,5H2,2H3;1H3;;/q-2;-1;+2;. The van der Waals surface area contributed by atoms with E-state index in [9.17, 15) is 0 Å². The molecule has 0 rings (SSSR count). The van der Waals surface area contributed by atoms with Gasteiger partial charge in [0.1, 0.15) is 0 Å².